The quantitative estimate of drug-likeness (QED) is 0.704. The van der Waals surface area contributed by atoms with Crippen LogP contribution in [-0.4, -0.2) is 6.61 Å². The first-order valence-corrected chi connectivity index (χ1v) is 4.32. The van der Waals surface area contributed by atoms with Crippen LogP contribution in [-0.2, 0) is 0 Å². The van der Waals surface area contributed by atoms with E-state index in [0.717, 1.165) is 5.56 Å². The second kappa shape index (κ2) is 2.80. The molecule has 0 fully saturated rings. The van der Waals surface area contributed by atoms with E-state index in [1.807, 2.05) is 0 Å². The highest BCUT2D eigenvalue weighted by molar-refractivity contribution is 6.35. The molecule has 0 radical (unpaired) electrons. The molecule has 2 N–H and O–H groups in total. The molecule has 0 saturated carbocycles. The van der Waals surface area contributed by atoms with E-state index in [1.54, 1.807) is 12.1 Å². The molecule has 1 aromatic rings. The number of hydrogen-bond acceptors (Lipinski definition) is 2. The molecule has 0 saturated heterocycles. The van der Waals surface area contributed by atoms with Crippen molar-refractivity contribution >= 4 is 23.2 Å². The largest absolute Gasteiger partial charge is 0.490 e. The molecular weight excluding hydrogens is 197 g/mol. The SMILES string of the molecule is N[C@H]1COc2c(Cl)ccc(Cl)c21. The fourth-order valence-electron chi connectivity index (χ4n) is 1.30. The van der Waals surface area contributed by atoms with Gasteiger partial charge in [-0.25, -0.2) is 0 Å². The molecule has 0 spiro atoms. The van der Waals surface area contributed by atoms with Crippen molar-refractivity contribution in [1.82, 2.24) is 0 Å². The van der Waals surface area contributed by atoms with Crippen molar-refractivity contribution in [3.05, 3.63) is 27.7 Å². The van der Waals surface area contributed by atoms with E-state index in [-0.39, 0.29) is 6.04 Å². The Kier molecular flexibility index (Phi) is 1.91. The monoisotopic (exact) mass is 203 g/mol. The predicted molar refractivity (Wildman–Crippen MR) is 48.9 cm³/mol. The predicted octanol–water partition coefficient (Wildman–Crippen LogP) is 2.39. The zero-order chi connectivity index (χ0) is 8.72. The average molecular weight is 204 g/mol. The number of ether oxygens (including phenoxy) is 1. The Morgan fingerprint density at radius 3 is 2.67 bits per heavy atom. The van der Waals surface area contributed by atoms with Crippen LogP contribution in [0.5, 0.6) is 5.75 Å². The van der Waals surface area contributed by atoms with Crippen LogP contribution >= 0.6 is 23.2 Å². The summed E-state index contributed by atoms with van der Waals surface area (Å²) in [6, 6.07) is 3.30. The summed E-state index contributed by atoms with van der Waals surface area (Å²) in [5.41, 5.74) is 6.57. The number of hydrogen-bond donors (Lipinski definition) is 1. The van der Waals surface area contributed by atoms with E-state index in [9.17, 15) is 0 Å². The highest BCUT2D eigenvalue weighted by Crippen LogP contribution is 2.41. The van der Waals surface area contributed by atoms with E-state index < -0.39 is 0 Å². The second-order valence-electron chi connectivity index (χ2n) is 2.69. The van der Waals surface area contributed by atoms with Crippen molar-refractivity contribution in [2.45, 2.75) is 6.04 Å². The number of halogens is 2. The molecule has 0 aromatic heterocycles. The Hall–Kier alpha value is -0.440. The third-order valence-electron chi connectivity index (χ3n) is 1.87. The van der Waals surface area contributed by atoms with E-state index in [2.05, 4.69) is 0 Å². The lowest BCUT2D eigenvalue weighted by molar-refractivity contribution is 0.333. The molecule has 1 aromatic carbocycles. The third kappa shape index (κ3) is 1.07. The number of fused-ring (bicyclic) bond motifs is 1. The van der Waals surface area contributed by atoms with Gasteiger partial charge >= 0.3 is 0 Å². The Morgan fingerprint density at radius 1 is 1.33 bits per heavy atom. The fourth-order valence-corrected chi connectivity index (χ4v) is 1.81. The molecule has 0 aliphatic carbocycles. The molecule has 1 aliphatic rings. The maximum absolute atomic E-state index is 5.92. The van der Waals surface area contributed by atoms with Gasteiger partial charge in [0.05, 0.1) is 11.1 Å². The lowest BCUT2D eigenvalue weighted by atomic mass is 10.1. The molecule has 0 unspecified atom stereocenters. The van der Waals surface area contributed by atoms with Crippen molar-refractivity contribution in [1.29, 1.82) is 0 Å². The van der Waals surface area contributed by atoms with Crippen LogP contribution in [0.1, 0.15) is 11.6 Å². The molecule has 1 aliphatic heterocycles. The molecule has 1 atom stereocenters. The Bertz CT molecular complexity index is 327. The zero-order valence-corrected chi connectivity index (χ0v) is 7.69. The summed E-state index contributed by atoms with van der Waals surface area (Å²) in [6.07, 6.45) is 0. The Morgan fingerprint density at radius 2 is 2.00 bits per heavy atom. The van der Waals surface area contributed by atoms with Gasteiger partial charge in [-0.3, -0.25) is 0 Å². The van der Waals surface area contributed by atoms with E-state index in [1.165, 1.54) is 0 Å². The van der Waals surface area contributed by atoms with Gasteiger partial charge in [-0.05, 0) is 12.1 Å². The summed E-state index contributed by atoms with van der Waals surface area (Å²) < 4.78 is 5.28. The number of rotatable bonds is 0. The zero-order valence-electron chi connectivity index (χ0n) is 6.18. The lowest BCUT2D eigenvalue weighted by Crippen LogP contribution is -2.11. The molecule has 1 heterocycles. The van der Waals surface area contributed by atoms with Crippen molar-refractivity contribution in [2.75, 3.05) is 6.61 Å². The van der Waals surface area contributed by atoms with Crippen molar-refractivity contribution in [3.8, 4) is 5.75 Å². The van der Waals surface area contributed by atoms with E-state index in [0.29, 0.717) is 22.4 Å². The normalized spacial score (nSPS) is 20.4. The van der Waals surface area contributed by atoms with Gasteiger partial charge in [0, 0.05) is 10.6 Å². The van der Waals surface area contributed by atoms with Gasteiger partial charge in [0.1, 0.15) is 12.4 Å². The maximum Gasteiger partial charge on any atom is 0.144 e. The standard InChI is InChI=1S/C8H7Cl2NO/c9-4-1-2-5(10)8-7(4)6(11)3-12-8/h1-2,6H,3,11H2/t6-/m0/s1. The molecule has 2 nitrogen and oxygen atoms in total. The Balaban J connectivity index is 2.64. The summed E-state index contributed by atoms with van der Waals surface area (Å²) >= 11 is 11.8. The maximum atomic E-state index is 5.92. The van der Waals surface area contributed by atoms with Crippen LogP contribution in [0.25, 0.3) is 0 Å². The first-order chi connectivity index (χ1) is 5.70. The van der Waals surface area contributed by atoms with Crippen molar-refractivity contribution < 1.29 is 4.74 Å². The molecule has 2 rings (SSSR count). The number of benzene rings is 1. The van der Waals surface area contributed by atoms with Crippen LogP contribution in [0, 0.1) is 0 Å². The van der Waals surface area contributed by atoms with E-state index in [4.69, 9.17) is 33.7 Å². The molecule has 12 heavy (non-hydrogen) atoms. The molecule has 64 valence electrons. The highest BCUT2D eigenvalue weighted by atomic mass is 35.5. The van der Waals surface area contributed by atoms with E-state index >= 15 is 0 Å². The summed E-state index contributed by atoms with van der Waals surface area (Å²) in [4.78, 5) is 0. The van der Waals surface area contributed by atoms with Crippen LogP contribution in [0.2, 0.25) is 10.0 Å². The van der Waals surface area contributed by atoms with Gasteiger partial charge < -0.3 is 10.5 Å². The van der Waals surface area contributed by atoms with Crippen molar-refractivity contribution in [2.24, 2.45) is 5.73 Å². The van der Waals surface area contributed by atoms with Gasteiger partial charge in [0.25, 0.3) is 0 Å². The molecular formula is C8H7Cl2NO. The summed E-state index contributed by atoms with van der Waals surface area (Å²) in [7, 11) is 0. The summed E-state index contributed by atoms with van der Waals surface area (Å²) in [5, 5.41) is 1.20. The third-order valence-corrected chi connectivity index (χ3v) is 2.50. The summed E-state index contributed by atoms with van der Waals surface area (Å²) in [6.45, 7) is 0.457. The topological polar surface area (TPSA) is 35.2 Å². The second-order valence-corrected chi connectivity index (χ2v) is 3.50. The van der Waals surface area contributed by atoms with Gasteiger partial charge in [-0.1, -0.05) is 23.2 Å². The first kappa shape index (κ1) is 8.17. The minimum Gasteiger partial charge on any atom is -0.490 e. The first-order valence-electron chi connectivity index (χ1n) is 3.56. The van der Waals surface area contributed by atoms with Crippen LogP contribution in [0.15, 0.2) is 12.1 Å². The number of nitrogens with two attached hydrogens (primary N) is 1. The molecule has 0 amide bonds. The van der Waals surface area contributed by atoms with Gasteiger partial charge in [-0.2, -0.15) is 0 Å². The molecule has 0 bridgehead atoms. The van der Waals surface area contributed by atoms with Gasteiger partial charge in [0.2, 0.25) is 0 Å². The van der Waals surface area contributed by atoms with Crippen LogP contribution in [0.3, 0.4) is 0 Å². The summed E-state index contributed by atoms with van der Waals surface area (Å²) in [5.74, 6) is 0.636. The van der Waals surface area contributed by atoms with Gasteiger partial charge in [-0.15, -0.1) is 0 Å². The Labute approximate surface area is 80.2 Å². The highest BCUT2D eigenvalue weighted by Gasteiger charge is 2.25. The van der Waals surface area contributed by atoms with Crippen molar-refractivity contribution in [3.63, 3.8) is 0 Å². The fraction of sp³-hybridized carbons (Fsp3) is 0.250. The molecule has 4 heteroatoms. The minimum absolute atomic E-state index is 0.147. The van der Waals surface area contributed by atoms with Crippen LogP contribution < -0.4 is 10.5 Å². The lowest BCUT2D eigenvalue weighted by Gasteiger charge is -2.04. The minimum atomic E-state index is -0.147. The van der Waals surface area contributed by atoms with Gasteiger partial charge in [0.15, 0.2) is 0 Å². The average Bonchev–Trinajstić information content (AvgIpc) is 2.42. The smallest absolute Gasteiger partial charge is 0.144 e. The van der Waals surface area contributed by atoms with Crippen LogP contribution in [0.4, 0.5) is 0 Å².